The smallest absolute Gasteiger partial charge is 0.248 e. The molecule has 1 amide bonds. The first kappa shape index (κ1) is 11.5. The summed E-state index contributed by atoms with van der Waals surface area (Å²) in [4.78, 5) is 12.7. The summed E-state index contributed by atoms with van der Waals surface area (Å²) < 4.78 is 5.34. The SMILES string of the molecule is CN(C)C(=O)COCC1CCCCN1. The van der Waals surface area contributed by atoms with Crippen molar-refractivity contribution in [2.45, 2.75) is 25.3 Å². The van der Waals surface area contributed by atoms with E-state index in [0.29, 0.717) is 12.6 Å². The monoisotopic (exact) mass is 200 g/mol. The zero-order valence-corrected chi connectivity index (χ0v) is 9.08. The molecule has 0 aromatic carbocycles. The summed E-state index contributed by atoms with van der Waals surface area (Å²) in [5.41, 5.74) is 0. The van der Waals surface area contributed by atoms with E-state index in [0.717, 1.165) is 13.0 Å². The third kappa shape index (κ3) is 4.07. The van der Waals surface area contributed by atoms with Gasteiger partial charge >= 0.3 is 0 Å². The van der Waals surface area contributed by atoms with Crippen molar-refractivity contribution in [2.75, 3.05) is 33.9 Å². The Morgan fingerprint density at radius 2 is 2.29 bits per heavy atom. The number of hydrogen-bond donors (Lipinski definition) is 1. The van der Waals surface area contributed by atoms with Gasteiger partial charge in [-0.3, -0.25) is 4.79 Å². The molecule has 1 rings (SSSR count). The first-order valence-electron chi connectivity index (χ1n) is 5.21. The summed E-state index contributed by atoms with van der Waals surface area (Å²) in [5.74, 6) is 0.0285. The molecule has 4 heteroatoms. The predicted molar refractivity (Wildman–Crippen MR) is 55.2 cm³/mol. The van der Waals surface area contributed by atoms with Crippen molar-refractivity contribution < 1.29 is 9.53 Å². The van der Waals surface area contributed by atoms with Crippen molar-refractivity contribution in [2.24, 2.45) is 0 Å². The van der Waals surface area contributed by atoms with Crippen molar-refractivity contribution in [3.63, 3.8) is 0 Å². The zero-order valence-electron chi connectivity index (χ0n) is 9.08. The van der Waals surface area contributed by atoms with Crippen LogP contribution in [-0.4, -0.2) is 50.7 Å². The Labute approximate surface area is 85.6 Å². The van der Waals surface area contributed by atoms with Gasteiger partial charge in [-0.1, -0.05) is 6.42 Å². The van der Waals surface area contributed by atoms with Crippen molar-refractivity contribution >= 4 is 5.91 Å². The van der Waals surface area contributed by atoms with Crippen molar-refractivity contribution in [1.82, 2.24) is 10.2 Å². The maximum atomic E-state index is 11.2. The summed E-state index contributed by atoms with van der Waals surface area (Å²) in [6.45, 7) is 1.93. The Morgan fingerprint density at radius 3 is 2.86 bits per heavy atom. The lowest BCUT2D eigenvalue weighted by Crippen LogP contribution is -2.38. The topological polar surface area (TPSA) is 41.6 Å². The number of carbonyl (C=O) groups excluding carboxylic acids is 1. The van der Waals surface area contributed by atoms with Gasteiger partial charge in [0.05, 0.1) is 6.61 Å². The molecule has 1 aliphatic rings. The lowest BCUT2D eigenvalue weighted by atomic mass is 10.1. The maximum absolute atomic E-state index is 11.2. The lowest BCUT2D eigenvalue weighted by Gasteiger charge is -2.23. The summed E-state index contributed by atoms with van der Waals surface area (Å²) in [6.07, 6.45) is 3.69. The maximum Gasteiger partial charge on any atom is 0.248 e. The molecule has 82 valence electrons. The van der Waals surface area contributed by atoms with Crippen LogP contribution < -0.4 is 5.32 Å². The Balaban J connectivity index is 2.05. The Hall–Kier alpha value is -0.610. The van der Waals surface area contributed by atoms with Crippen molar-refractivity contribution in [3.05, 3.63) is 0 Å². The number of likely N-dealkylation sites (N-methyl/N-ethyl adjacent to an activating group) is 1. The van der Waals surface area contributed by atoms with E-state index in [9.17, 15) is 4.79 Å². The molecule has 1 aliphatic heterocycles. The highest BCUT2D eigenvalue weighted by Crippen LogP contribution is 2.06. The minimum Gasteiger partial charge on any atom is -0.370 e. The molecule has 1 saturated heterocycles. The zero-order chi connectivity index (χ0) is 10.4. The average Bonchev–Trinajstić information content (AvgIpc) is 2.19. The first-order valence-corrected chi connectivity index (χ1v) is 5.21. The molecule has 1 heterocycles. The van der Waals surface area contributed by atoms with E-state index in [1.165, 1.54) is 12.8 Å². The van der Waals surface area contributed by atoms with E-state index < -0.39 is 0 Å². The lowest BCUT2D eigenvalue weighted by molar-refractivity contribution is -0.133. The van der Waals surface area contributed by atoms with E-state index in [4.69, 9.17) is 4.74 Å². The second-order valence-electron chi connectivity index (χ2n) is 3.95. The molecule has 0 saturated carbocycles. The molecule has 0 aliphatic carbocycles. The van der Waals surface area contributed by atoms with Gasteiger partial charge in [0, 0.05) is 20.1 Å². The van der Waals surface area contributed by atoms with Gasteiger partial charge in [-0.05, 0) is 19.4 Å². The van der Waals surface area contributed by atoms with E-state index in [1.807, 2.05) is 0 Å². The molecular weight excluding hydrogens is 180 g/mol. The van der Waals surface area contributed by atoms with Gasteiger partial charge in [0.1, 0.15) is 6.61 Å². The summed E-state index contributed by atoms with van der Waals surface area (Å²) in [6, 6.07) is 0.443. The Morgan fingerprint density at radius 1 is 1.50 bits per heavy atom. The van der Waals surface area contributed by atoms with Gasteiger partial charge in [0.15, 0.2) is 0 Å². The van der Waals surface area contributed by atoms with Gasteiger partial charge in [-0.25, -0.2) is 0 Å². The Bertz CT molecular complexity index is 177. The average molecular weight is 200 g/mol. The first-order chi connectivity index (χ1) is 6.70. The van der Waals surface area contributed by atoms with Crippen LogP contribution in [0.2, 0.25) is 0 Å². The number of hydrogen-bond acceptors (Lipinski definition) is 3. The van der Waals surface area contributed by atoms with E-state index >= 15 is 0 Å². The van der Waals surface area contributed by atoms with Crippen LogP contribution in [0.25, 0.3) is 0 Å². The van der Waals surface area contributed by atoms with Gasteiger partial charge in [0.25, 0.3) is 0 Å². The van der Waals surface area contributed by atoms with Crippen LogP contribution in [-0.2, 0) is 9.53 Å². The second-order valence-corrected chi connectivity index (χ2v) is 3.95. The summed E-state index contributed by atoms with van der Waals surface area (Å²) in [7, 11) is 3.48. The second kappa shape index (κ2) is 5.98. The number of ether oxygens (including phenoxy) is 1. The summed E-state index contributed by atoms with van der Waals surface area (Å²) in [5, 5.41) is 3.37. The standard InChI is InChI=1S/C10H20N2O2/c1-12(2)10(13)8-14-7-9-5-3-4-6-11-9/h9,11H,3-8H2,1-2H3. The molecule has 1 unspecified atom stereocenters. The minimum atomic E-state index is 0.0285. The number of nitrogens with one attached hydrogen (secondary N) is 1. The number of amides is 1. The fraction of sp³-hybridized carbons (Fsp3) is 0.900. The van der Waals surface area contributed by atoms with Crippen LogP contribution in [0.1, 0.15) is 19.3 Å². The van der Waals surface area contributed by atoms with Gasteiger partial charge in [-0.15, -0.1) is 0 Å². The van der Waals surface area contributed by atoms with Gasteiger partial charge in [0.2, 0.25) is 5.91 Å². The minimum absolute atomic E-state index is 0.0285. The fourth-order valence-corrected chi connectivity index (χ4v) is 1.48. The third-order valence-electron chi connectivity index (χ3n) is 2.46. The van der Waals surface area contributed by atoms with Crippen molar-refractivity contribution in [3.8, 4) is 0 Å². The molecule has 1 fully saturated rings. The Kier molecular flexibility index (Phi) is 4.90. The molecule has 0 radical (unpaired) electrons. The largest absolute Gasteiger partial charge is 0.370 e. The van der Waals surface area contributed by atoms with Crippen LogP contribution in [0.4, 0.5) is 0 Å². The molecule has 0 aromatic heterocycles. The molecule has 1 N–H and O–H groups in total. The third-order valence-corrected chi connectivity index (χ3v) is 2.46. The van der Waals surface area contributed by atoms with Crippen LogP contribution >= 0.6 is 0 Å². The van der Waals surface area contributed by atoms with E-state index in [-0.39, 0.29) is 12.5 Å². The molecule has 1 atom stereocenters. The van der Waals surface area contributed by atoms with Crippen LogP contribution in [0.5, 0.6) is 0 Å². The van der Waals surface area contributed by atoms with Crippen LogP contribution in [0.3, 0.4) is 0 Å². The highest BCUT2D eigenvalue weighted by atomic mass is 16.5. The van der Waals surface area contributed by atoms with Gasteiger partial charge in [-0.2, -0.15) is 0 Å². The molecular formula is C10H20N2O2. The number of carbonyl (C=O) groups is 1. The molecule has 4 nitrogen and oxygen atoms in total. The molecule has 0 bridgehead atoms. The fourth-order valence-electron chi connectivity index (χ4n) is 1.48. The quantitative estimate of drug-likeness (QED) is 0.706. The number of piperidine rings is 1. The molecule has 0 spiro atoms. The molecule has 14 heavy (non-hydrogen) atoms. The number of nitrogens with zero attached hydrogens (tertiary/aromatic N) is 1. The van der Waals surface area contributed by atoms with Crippen LogP contribution in [0.15, 0.2) is 0 Å². The van der Waals surface area contributed by atoms with E-state index in [2.05, 4.69) is 5.32 Å². The molecule has 0 aromatic rings. The predicted octanol–water partition coefficient (Wildman–Crippen LogP) is 0.233. The van der Waals surface area contributed by atoms with Crippen molar-refractivity contribution in [1.29, 1.82) is 0 Å². The normalized spacial score (nSPS) is 22.0. The van der Waals surface area contributed by atoms with Gasteiger partial charge < -0.3 is 15.0 Å². The summed E-state index contributed by atoms with van der Waals surface area (Å²) >= 11 is 0. The van der Waals surface area contributed by atoms with Crippen LogP contribution in [0, 0.1) is 0 Å². The highest BCUT2D eigenvalue weighted by Gasteiger charge is 2.13. The number of rotatable bonds is 4. The highest BCUT2D eigenvalue weighted by molar-refractivity contribution is 5.76. The van der Waals surface area contributed by atoms with E-state index in [1.54, 1.807) is 19.0 Å².